The molecule has 0 saturated heterocycles. The number of urea groups is 1. The molecule has 0 bridgehead atoms. The number of carbonyl (C=O) groups is 1. The zero-order chi connectivity index (χ0) is 22.8. The van der Waals surface area contributed by atoms with Crippen LogP contribution in [0.5, 0.6) is 0 Å². The average molecular weight is 457 g/mol. The smallest absolute Gasteiger partial charge is 0.321 e. The second-order valence-corrected chi connectivity index (χ2v) is 8.82. The molecule has 0 saturated carbocycles. The number of halogens is 1. The van der Waals surface area contributed by atoms with Gasteiger partial charge in [-0.1, -0.05) is 79.2 Å². The van der Waals surface area contributed by atoms with Crippen LogP contribution in [0.1, 0.15) is 24.5 Å². The fourth-order valence-electron chi connectivity index (χ4n) is 4.39. The Bertz CT molecular complexity index is 1240. The first-order valence-corrected chi connectivity index (χ1v) is 11.5. The van der Waals surface area contributed by atoms with Gasteiger partial charge in [0.1, 0.15) is 0 Å². The van der Waals surface area contributed by atoms with Crippen LogP contribution in [-0.2, 0) is 0 Å². The molecule has 2 amide bonds. The summed E-state index contributed by atoms with van der Waals surface area (Å²) in [6.07, 6.45) is 2.73. The van der Waals surface area contributed by atoms with Crippen LogP contribution in [0.15, 0.2) is 95.6 Å². The van der Waals surface area contributed by atoms with Crippen LogP contribution in [0.4, 0.5) is 16.2 Å². The molecule has 0 fully saturated rings. The number of carbonyl (C=O) groups excluding carboxylic acids is 1. The van der Waals surface area contributed by atoms with Gasteiger partial charge in [-0.05, 0) is 36.6 Å². The van der Waals surface area contributed by atoms with Gasteiger partial charge in [0.05, 0.1) is 17.1 Å². The minimum absolute atomic E-state index is 0.330. The highest BCUT2D eigenvalue weighted by Crippen LogP contribution is 2.35. The standard InChI is InChI=1S/C27H25ClN4O/c1-18-14-15-32-23-13-6-5-12-22(23)25(19-8-3-2-4-9-19)30-26(24(32)16-18)31-27(33)29-21-11-7-10-20(28)17-21/h2-13,16-18,26H,14-15H2,1H3,(H2,29,31,33). The first-order chi connectivity index (χ1) is 16.1. The van der Waals surface area contributed by atoms with E-state index in [4.69, 9.17) is 16.6 Å². The first-order valence-electron chi connectivity index (χ1n) is 11.1. The van der Waals surface area contributed by atoms with Crippen LogP contribution < -0.4 is 15.5 Å². The molecule has 0 spiro atoms. The van der Waals surface area contributed by atoms with E-state index in [1.807, 2.05) is 24.3 Å². The third-order valence-corrected chi connectivity index (χ3v) is 6.20. The van der Waals surface area contributed by atoms with Crippen molar-refractivity contribution in [1.29, 1.82) is 0 Å². The molecule has 5 rings (SSSR count). The maximum atomic E-state index is 13.0. The van der Waals surface area contributed by atoms with E-state index >= 15 is 0 Å². The molecule has 2 atom stereocenters. The van der Waals surface area contributed by atoms with E-state index in [1.165, 1.54) is 0 Å². The van der Waals surface area contributed by atoms with Gasteiger partial charge in [0, 0.05) is 28.4 Å². The normalized spacial score (nSPS) is 19.4. The molecule has 5 nitrogen and oxygen atoms in total. The van der Waals surface area contributed by atoms with Crippen LogP contribution in [-0.4, -0.2) is 24.5 Å². The number of anilines is 2. The molecule has 2 aliphatic rings. The van der Waals surface area contributed by atoms with E-state index in [0.29, 0.717) is 16.6 Å². The molecule has 3 aromatic carbocycles. The Hall–Kier alpha value is -3.57. The zero-order valence-corrected chi connectivity index (χ0v) is 19.1. The molecule has 166 valence electrons. The lowest BCUT2D eigenvalue weighted by molar-refractivity contribution is 0.250. The van der Waals surface area contributed by atoms with Crippen LogP contribution in [0.25, 0.3) is 0 Å². The van der Waals surface area contributed by atoms with E-state index in [1.54, 1.807) is 24.3 Å². The summed E-state index contributed by atoms with van der Waals surface area (Å²) in [7, 11) is 0. The Labute approximate surface area is 198 Å². The van der Waals surface area contributed by atoms with Crippen molar-refractivity contribution < 1.29 is 4.79 Å². The lowest BCUT2D eigenvalue weighted by Crippen LogP contribution is -2.44. The molecule has 0 aliphatic carbocycles. The molecule has 2 aliphatic heterocycles. The number of fused-ring (bicyclic) bond motifs is 3. The van der Waals surface area contributed by atoms with E-state index in [2.05, 4.69) is 58.9 Å². The van der Waals surface area contributed by atoms with Crippen molar-refractivity contribution in [2.75, 3.05) is 16.8 Å². The number of nitrogens with zero attached hydrogens (tertiary/aromatic N) is 2. The summed E-state index contributed by atoms with van der Waals surface area (Å²) in [5.74, 6) is 0.400. The number of hydrogen-bond acceptors (Lipinski definition) is 3. The summed E-state index contributed by atoms with van der Waals surface area (Å²) in [5.41, 5.74) is 5.67. The second-order valence-electron chi connectivity index (χ2n) is 8.38. The van der Waals surface area contributed by atoms with Crippen molar-refractivity contribution in [1.82, 2.24) is 5.32 Å². The van der Waals surface area contributed by atoms with Gasteiger partial charge in [-0.3, -0.25) is 4.99 Å². The van der Waals surface area contributed by atoms with Gasteiger partial charge in [0.15, 0.2) is 6.17 Å². The van der Waals surface area contributed by atoms with Crippen LogP contribution >= 0.6 is 11.6 Å². The molecule has 2 N–H and O–H groups in total. The lowest BCUT2D eigenvalue weighted by Gasteiger charge is -2.35. The highest BCUT2D eigenvalue weighted by Gasteiger charge is 2.32. The molecule has 2 heterocycles. The fourth-order valence-corrected chi connectivity index (χ4v) is 4.58. The number of rotatable bonds is 3. The van der Waals surface area contributed by atoms with Crippen molar-refractivity contribution in [2.45, 2.75) is 19.5 Å². The molecule has 2 unspecified atom stereocenters. The van der Waals surface area contributed by atoms with Crippen LogP contribution in [0, 0.1) is 5.92 Å². The quantitative estimate of drug-likeness (QED) is 0.502. The van der Waals surface area contributed by atoms with Crippen molar-refractivity contribution in [2.24, 2.45) is 10.9 Å². The summed E-state index contributed by atoms with van der Waals surface area (Å²) in [4.78, 5) is 20.4. The Morgan fingerprint density at radius 3 is 2.64 bits per heavy atom. The maximum absolute atomic E-state index is 13.0. The highest BCUT2D eigenvalue weighted by molar-refractivity contribution is 6.30. The van der Waals surface area contributed by atoms with E-state index in [0.717, 1.165) is 41.2 Å². The maximum Gasteiger partial charge on any atom is 0.321 e. The largest absolute Gasteiger partial charge is 0.341 e. The van der Waals surface area contributed by atoms with E-state index in [-0.39, 0.29) is 6.03 Å². The van der Waals surface area contributed by atoms with Crippen molar-refractivity contribution in [3.8, 4) is 0 Å². The van der Waals surface area contributed by atoms with Gasteiger partial charge in [0.25, 0.3) is 0 Å². The molecule has 6 heteroatoms. The minimum Gasteiger partial charge on any atom is -0.341 e. The fraction of sp³-hybridized carbons (Fsp3) is 0.185. The summed E-state index contributed by atoms with van der Waals surface area (Å²) in [5, 5.41) is 6.54. The Balaban J connectivity index is 1.57. The Morgan fingerprint density at radius 1 is 1.03 bits per heavy atom. The number of nitrogens with one attached hydrogen (secondary N) is 2. The molecular formula is C27H25ClN4O. The summed E-state index contributed by atoms with van der Waals surface area (Å²) in [6.45, 7) is 3.07. The monoisotopic (exact) mass is 456 g/mol. The third kappa shape index (κ3) is 4.50. The van der Waals surface area contributed by atoms with Crippen molar-refractivity contribution in [3.05, 3.63) is 107 Å². The Kier molecular flexibility index (Phi) is 5.88. The summed E-state index contributed by atoms with van der Waals surface area (Å²) < 4.78 is 0. The minimum atomic E-state index is -0.533. The number of hydrogen-bond donors (Lipinski definition) is 2. The summed E-state index contributed by atoms with van der Waals surface area (Å²) >= 11 is 6.08. The van der Waals surface area contributed by atoms with E-state index in [9.17, 15) is 4.79 Å². The number of benzene rings is 3. The van der Waals surface area contributed by atoms with Crippen molar-refractivity contribution in [3.63, 3.8) is 0 Å². The molecule has 3 aromatic rings. The number of amides is 2. The number of para-hydroxylation sites is 1. The van der Waals surface area contributed by atoms with Crippen molar-refractivity contribution >= 4 is 34.7 Å². The van der Waals surface area contributed by atoms with Gasteiger partial charge in [-0.25, -0.2) is 4.79 Å². The van der Waals surface area contributed by atoms with Gasteiger partial charge in [0.2, 0.25) is 0 Å². The summed E-state index contributed by atoms with van der Waals surface area (Å²) in [6, 6.07) is 25.2. The third-order valence-electron chi connectivity index (χ3n) is 5.96. The topological polar surface area (TPSA) is 56.7 Å². The second kappa shape index (κ2) is 9.12. The van der Waals surface area contributed by atoms with Crippen LogP contribution in [0.2, 0.25) is 5.02 Å². The molecule has 33 heavy (non-hydrogen) atoms. The number of aliphatic imine (C=N–C) groups is 1. The predicted molar refractivity (Wildman–Crippen MR) is 135 cm³/mol. The highest BCUT2D eigenvalue weighted by atomic mass is 35.5. The van der Waals surface area contributed by atoms with Crippen LogP contribution in [0.3, 0.4) is 0 Å². The predicted octanol–water partition coefficient (Wildman–Crippen LogP) is 6.07. The van der Waals surface area contributed by atoms with Gasteiger partial charge in [-0.2, -0.15) is 0 Å². The number of allylic oxidation sites excluding steroid dienone is 1. The lowest BCUT2D eigenvalue weighted by atomic mass is 9.97. The zero-order valence-electron chi connectivity index (χ0n) is 18.3. The van der Waals surface area contributed by atoms with Gasteiger partial charge < -0.3 is 15.5 Å². The molecule has 0 radical (unpaired) electrons. The van der Waals surface area contributed by atoms with Gasteiger partial charge >= 0.3 is 6.03 Å². The van der Waals surface area contributed by atoms with E-state index < -0.39 is 6.17 Å². The molecular weight excluding hydrogens is 432 g/mol. The van der Waals surface area contributed by atoms with Gasteiger partial charge in [-0.15, -0.1) is 0 Å². The Morgan fingerprint density at radius 2 is 1.82 bits per heavy atom. The average Bonchev–Trinajstić information content (AvgIpc) is 2.95. The molecule has 0 aromatic heterocycles. The first kappa shape index (κ1) is 21.3. The SMILES string of the molecule is CC1C=C2C(NC(=O)Nc3cccc(Cl)c3)N=C(c3ccccc3)c3ccccc3N2CC1.